The largest absolute Gasteiger partial charge is 0.461 e. The molecule has 2 rings (SSSR count). The second-order valence-corrected chi connectivity index (χ2v) is 6.41. The monoisotopic (exact) mass is 405 g/mol. The maximum absolute atomic E-state index is 13.2. The average molecular weight is 405 g/mol. The van der Waals surface area contributed by atoms with Crippen LogP contribution < -0.4 is 5.32 Å². The Bertz CT molecular complexity index is 845. The van der Waals surface area contributed by atoms with E-state index in [1.54, 1.807) is 13.0 Å². The van der Waals surface area contributed by atoms with Crippen LogP contribution in [0.4, 0.5) is 27.1 Å². The van der Waals surface area contributed by atoms with Gasteiger partial charge in [0.25, 0.3) is 5.91 Å². The number of nitrogens with zero attached hydrogens (tertiary/aromatic N) is 2. The molecule has 1 aromatic carbocycles. The number of amides is 1. The van der Waals surface area contributed by atoms with Gasteiger partial charge in [0.05, 0.1) is 0 Å². The Morgan fingerprint density at radius 3 is 2.59 bits per heavy atom. The number of unbranched alkanes of at least 4 members (excludes halogenated alkanes) is 1. The lowest BCUT2D eigenvalue weighted by atomic mass is 10.0. The molecule has 27 heavy (non-hydrogen) atoms. The molecule has 0 saturated carbocycles. The summed E-state index contributed by atoms with van der Waals surface area (Å²) < 4.78 is 66.6. The van der Waals surface area contributed by atoms with Crippen molar-refractivity contribution in [2.75, 3.05) is 5.32 Å². The minimum absolute atomic E-state index is 0.255. The number of allylic oxidation sites excluding steroid dienone is 1. The second kappa shape index (κ2) is 8.12. The molecular weight excluding hydrogens is 389 g/mol. The lowest BCUT2D eigenvalue weighted by Crippen LogP contribution is -2.34. The molecular formula is C17H16F5N3OS. The third-order valence-corrected chi connectivity index (χ3v) is 4.29. The van der Waals surface area contributed by atoms with Crippen LogP contribution in [0.15, 0.2) is 24.3 Å². The van der Waals surface area contributed by atoms with Crippen molar-refractivity contribution in [3.63, 3.8) is 0 Å². The standard InChI is InChI=1S/C17H16F5N3OS/c1-3-4-5-7-11-8-6-9-12(10(11)2)13(26)23-15-24-14(25-27-15)16(18,19)17(20,21)22/h5-9H,3-4H2,1-2H3,(H,23,24,25,26). The molecule has 0 radical (unpaired) electrons. The maximum atomic E-state index is 13.2. The van der Waals surface area contributed by atoms with E-state index < -0.39 is 29.0 Å². The highest BCUT2D eigenvalue weighted by Crippen LogP contribution is 2.43. The Morgan fingerprint density at radius 2 is 1.96 bits per heavy atom. The zero-order valence-electron chi connectivity index (χ0n) is 14.4. The number of alkyl halides is 5. The summed E-state index contributed by atoms with van der Waals surface area (Å²) in [5.74, 6) is -7.55. The predicted octanol–water partition coefficient (Wildman–Crippen LogP) is 5.57. The van der Waals surface area contributed by atoms with E-state index in [1.807, 2.05) is 25.1 Å². The number of anilines is 1. The van der Waals surface area contributed by atoms with E-state index in [4.69, 9.17) is 0 Å². The fourth-order valence-electron chi connectivity index (χ4n) is 2.15. The highest BCUT2D eigenvalue weighted by molar-refractivity contribution is 7.09. The number of hydrogen-bond acceptors (Lipinski definition) is 4. The van der Waals surface area contributed by atoms with Crippen molar-refractivity contribution < 1.29 is 26.7 Å². The Morgan fingerprint density at radius 1 is 1.26 bits per heavy atom. The zero-order chi connectivity index (χ0) is 20.2. The van der Waals surface area contributed by atoms with Crippen LogP contribution in [-0.4, -0.2) is 21.4 Å². The van der Waals surface area contributed by atoms with Gasteiger partial charge in [0, 0.05) is 17.1 Å². The first-order chi connectivity index (χ1) is 12.6. The minimum Gasteiger partial charge on any atom is -0.297 e. The van der Waals surface area contributed by atoms with Crippen molar-refractivity contribution in [3.05, 3.63) is 46.8 Å². The van der Waals surface area contributed by atoms with Gasteiger partial charge in [0.1, 0.15) is 0 Å². The molecule has 0 fully saturated rings. The SMILES string of the molecule is CCCC=Cc1cccc(C(=O)Nc2nc(C(F)(F)C(F)(F)F)ns2)c1C. The molecule has 1 aromatic heterocycles. The van der Waals surface area contributed by atoms with E-state index in [9.17, 15) is 26.7 Å². The lowest BCUT2D eigenvalue weighted by molar-refractivity contribution is -0.292. The molecule has 2 aromatic rings. The normalized spacial score (nSPS) is 12.6. The first-order valence-electron chi connectivity index (χ1n) is 7.94. The Labute approximate surface area is 156 Å². The molecule has 146 valence electrons. The third-order valence-electron chi connectivity index (χ3n) is 3.66. The highest BCUT2D eigenvalue weighted by Gasteiger charge is 2.61. The molecule has 10 heteroatoms. The third kappa shape index (κ3) is 4.68. The van der Waals surface area contributed by atoms with Crippen LogP contribution in [0.2, 0.25) is 0 Å². The number of halogens is 5. The summed E-state index contributed by atoms with van der Waals surface area (Å²) >= 11 is 0.255. The van der Waals surface area contributed by atoms with Crippen molar-refractivity contribution >= 4 is 28.6 Å². The van der Waals surface area contributed by atoms with Crippen LogP contribution in [-0.2, 0) is 5.92 Å². The molecule has 0 aliphatic rings. The lowest BCUT2D eigenvalue weighted by Gasteiger charge is -2.15. The molecule has 0 aliphatic heterocycles. The van der Waals surface area contributed by atoms with Crippen LogP contribution in [0.25, 0.3) is 6.08 Å². The van der Waals surface area contributed by atoms with E-state index in [2.05, 4.69) is 14.7 Å². The molecule has 0 bridgehead atoms. The first-order valence-corrected chi connectivity index (χ1v) is 8.71. The van der Waals surface area contributed by atoms with Gasteiger partial charge in [-0.05, 0) is 30.5 Å². The van der Waals surface area contributed by atoms with Gasteiger partial charge in [-0.3, -0.25) is 10.1 Å². The molecule has 0 unspecified atom stereocenters. The van der Waals surface area contributed by atoms with Crippen LogP contribution in [0.5, 0.6) is 0 Å². The number of carbonyl (C=O) groups excluding carboxylic acids is 1. The van der Waals surface area contributed by atoms with Gasteiger partial charge in [0.15, 0.2) is 0 Å². The number of carbonyl (C=O) groups is 1. The van der Waals surface area contributed by atoms with E-state index in [-0.39, 0.29) is 17.1 Å². The zero-order valence-corrected chi connectivity index (χ0v) is 15.2. The molecule has 0 atom stereocenters. The Kier molecular flexibility index (Phi) is 6.30. The summed E-state index contributed by atoms with van der Waals surface area (Å²) in [6.45, 7) is 3.74. The number of benzene rings is 1. The summed E-state index contributed by atoms with van der Waals surface area (Å²) in [6, 6.07) is 4.98. The molecule has 1 amide bonds. The van der Waals surface area contributed by atoms with Crippen LogP contribution >= 0.6 is 11.5 Å². The number of aromatic nitrogens is 2. The first kappa shape index (κ1) is 20.9. The summed E-state index contributed by atoms with van der Waals surface area (Å²) in [7, 11) is 0. The quantitative estimate of drug-likeness (QED) is 0.640. The van der Waals surface area contributed by atoms with Crippen molar-refractivity contribution in [1.29, 1.82) is 0 Å². The molecule has 1 heterocycles. The van der Waals surface area contributed by atoms with Gasteiger partial charge in [-0.1, -0.05) is 37.6 Å². The van der Waals surface area contributed by atoms with E-state index in [0.717, 1.165) is 18.4 Å². The molecule has 0 spiro atoms. The molecule has 4 nitrogen and oxygen atoms in total. The second-order valence-electron chi connectivity index (χ2n) is 5.66. The van der Waals surface area contributed by atoms with Gasteiger partial charge < -0.3 is 0 Å². The number of rotatable bonds is 6. The fraction of sp³-hybridized carbons (Fsp3) is 0.353. The average Bonchev–Trinajstić information content (AvgIpc) is 3.04. The number of nitrogens with one attached hydrogen (secondary N) is 1. The van der Waals surface area contributed by atoms with Gasteiger partial charge in [-0.2, -0.15) is 31.3 Å². The van der Waals surface area contributed by atoms with Crippen molar-refractivity contribution in [3.8, 4) is 0 Å². The summed E-state index contributed by atoms with van der Waals surface area (Å²) in [6.07, 6.45) is -0.150. The van der Waals surface area contributed by atoms with Gasteiger partial charge >= 0.3 is 12.1 Å². The predicted molar refractivity (Wildman–Crippen MR) is 92.9 cm³/mol. The Hall–Kier alpha value is -2.36. The van der Waals surface area contributed by atoms with Crippen LogP contribution in [0.1, 0.15) is 47.1 Å². The molecule has 1 N–H and O–H groups in total. The van der Waals surface area contributed by atoms with Crippen molar-refractivity contribution in [2.24, 2.45) is 0 Å². The number of hydrogen-bond donors (Lipinski definition) is 1. The van der Waals surface area contributed by atoms with Gasteiger partial charge in [-0.25, -0.2) is 0 Å². The van der Waals surface area contributed by atoms with Gasteiger partial charge in [0.2, 0.25) is 11.0 Å². The minimum atomic E-state index is -5.81. The topological polar surface area (TPSA) is 54.9 Å². The smallest absolute Gasteiger partial charge is 0.297 e. The van der Waals surface area contributed by atoms with Gasteiger partial charge in [-0.15, -0.1) is 0 Å². The Balaban J connectivity index is 2.21. The summed E-state index contributed by atoms with van der Waals surface area (Å²) in [5.41, 5.74) is 1.71. The van der Waals surface area contributed by atoms with E-state index in [1.165, 1.54) is 6.07 Å². The molecule has 0 aliphatic carbocycles. The highest BCUT2D eigenvalue weighted by atomic mass is 32.1. The van der Waals surface area contributed by atoms with Crippen LogP contribution in [0.3, 0.4) is 0 Å². The molecule has 0 saturated heterocycles. The maximum Gasteiger partial charge on any atom is 0.461 e. The fourth-order valence-corrected chi connectivity index (χ4v) is 2.74. The summed E-state index contributed by atoms with van der Waals surface area (Å²) in [5, 5.41) is 1.78. The van der Waals surface area contributed by atoms with Crippen molar-refractivity contribution in [1.82, 2.24) is 9.36 Å². The van der Waals surface area contributed by atoms with Crippen LogP contribution in [0, 0.1) is 6.92 Å². The van der Waals surface area contributed by atoms with E-state index >= 15 is 0 Å². The van der Waals surface area contributed by atoms with Crippen molar-refractivity contribution in [2.45, 2.75) is 38.8 Å². The van der Waals surface area contributed by atoms with E-state index in [0.29, 0.717) is 5.56 Å². The summed E-state index contributed by atoms with van der Waals surface area (Å²) in [4.78, 5) is 15.5.